The highest BCUT2D eigenvalue weighted by Crippen LogP contribution is 2.24. The van der Waals surface area contributed by atoms with Crippen LogP contribution < -0.4 is 16.6 Å². The summed E-state index contributed by atoms with van der Waals surface area (Å²) in [5.41, 5.74) is 0.453. The predicted octanol–water partition coefficient (Wildman–Crippen LogP) is 2.50. The van der Waals surface area contributed by atoms with Gasteiger partial charge in [0.1, 0.15) is 0 Å². The highest BCUT2D eigenvalue weighted by atomic mass is 35.5. The van der Waals surface area contributed by atoms with Gasteiger partial charge >= 0.3 is 5.69 Å². The van der Waals surface area contributed by atoms with Gasteiger partial charge in [-0.15, -0.1) is 0 Å². The van der Waals surface area contributed by atoms with E-state index in [9.17, 15) is 14.7 Å². The lowest BCUT2D eigenvalue weighted by atomic mass is 9.93. The summed E-state index contributed by atoms with van der Waals surface area (Å²) in [5, 5.41) is 14.0. The van der Waals surface area contributed by atoms with E-state index < -0.39 is 11.2 Å². The number of anilines is 1. The number of aromatic nitrogens is 4. The fraction of sp³-hybridized carbons (Fsp3) is 0.450. The second-order valence-corrected chi connectivity index (χ2v) is 8.62. The lowest BCUT2D eigenvalue weighted by molar-refractivity contribution is 0.124. The number of benzene rings is 1. The summed E-state index contributed by atoms with van der Waals surface area (Å²) in [6.45, 7) is 0.0705. The number of nitrogens with zero attached hydrogens (tertiary/aromatic N) is 4. The van der Waals surface area contributed by atoms with Crippen LogP contribution >= 0.6 is 23.2 Å². The average Bonchev–Trinajstić information content (AvgIpc) is 3.03. The van der Waals surface area contributed by atoms with Gasteiger partial charge in [-0.25, -0.2) is 4.79 Å². The van der Waals surface area contributed by atoms with Crippen molar-refractivity contribution in [3.63, 3.8) is 0 Å². The summed E-state index contributed by atoms with van der Waals surface area (Å²) in [6.07, 6.45) is 2.94. The number of imidazole rings is 1. The maximum absolute atomic E-state index is 13.2. The van der Waals surface area contributed by atoms with Crippen molar-refractivity contribution in [1.82, 2.24) is 18.7 Å². The summed E-state index contributed by atoms with van der Waals surface area (Å²) in [4.78, 5) is 30.6. The highest BCUT2D eigenvalue weighted by molar-refractivity contribution is 6.42. The molecule has 1 saturated carbocycles. The van der Waals surface area contributed by atoms with Crippen molar-refractivity contribution in [3.8, 4) is 0 Å². The molecule has 0 amide bonds. The Kier molecular flexibility index (Phi) is 5.65. The maximum atomic E-state index is 13.2. The second kappa shape index (κ2) is 8.09. The molecule has 0 saturated heterocycles. The van der Waals surface area contributed by atoms with Crippen LogP contribution in [0.4, 0.5) is 5.95 Å². The smallest absolute Gasteiger partial charge is 0.332 e. The minimum atomic E-state index is -0.462. The molecule has 10 heteroatoms. The van der Waals surface area contributed by atoms with E-state index in [-0.39, 0.29) is 18.7 Å². The van der Waals surface area contributed by atoms with Crippen LogP contribution in [0.3, 0.4) is 0 Å². The van der Waals surface area contributed by atoms with E-state index in [0.29, 0.717) is 39.1 Å². The number of aryl methyl sites for hydroxylation is 2. The van der Waals surface area contributed by atoms with Crippen molar-refractivity contribution in [2.24, 2.45) is 14.1 Å². The molecule has 1 aromatic carbocycles. The molecule has 3 aromatic rings. The first kappa shape index (κ1) is 21.0. The summed E-state index contributed by atoms with van der Waals surface area (Å²) in [6, 6.07) is 5.08. The SMILES string of the molecule is Cn1c(N[C@H]2CCC[C@@H](O)C2)nc2c1c(=O)n(Cc1ccc(Cl)c(Cl)c1)c(=O)n2C. The third-order valence-corrected chi connectivity index (χ3v) is 6.40. The molecule has 0 spiro atoms. The van der Waals surface area contributed by atoms with Gasteiger partial charge in [0, 0.05) is 20.1 Å². The third-order valence-electron chi connectivity index (χ3n) is 5.66. The zero-order valence-corrected chi connectivity index (χ0v) is 18.2. The average molecular weight is 452 g/mol. The maximum Gasteiger partial charge on any atom is 0.332 e. The number of fused-ring (bicyclic) bond motifs is 1. The molecule has 2 heterocycles. The van der Waals surface area contributed by atoms with Crippen molar-refractivity contribution in [1.29, 1.82) is 0 Å². The predicted molar refractivity (Wildman–Crippen MR) is 118 cm³/mol. The molecule has 1 aliphatic rings. The monoisotopic (exact) mass is 451 g/mol. The first-order chi connectivity index (χ1) is 14.3. The quantitative estimate of drug-likeness (QED) is 0.635. The Balaban J connectivity index is 1.76. The molecule has 1 aliphatic carbocycles. The second-order valence-electron chi connectivity index (χ2n) is 7.81. The van der Waals surface area contributed by atoms with Crippen LogP contribution in [0.1, 0.15) is 31.2 Å². The Morgan fingerprint density at radius 1 is 1.17 bits per heavy atom. The number of hydrogen-bond acceptors (Lipinski definition) is 5. The number of hydrogen-bond donors (Lipinski definition) is 2. The molecule has 1 fully saturated rings. The van der Waals surface area contributed by atoms with Crippen LogP contribution in [0.25, 0.3) is 11.2 Å². The van der Waals surface area contributed by atoms with Gasteiger partial charge in [0.05, 0.1) is 22.7 Å². The number of nitrogens with one attached hydrogen (secondary N) is 1. The Bertz CT molecular complexity index is 1230. The van der Waals surface area contributed by atoms with Crippen LogP contribution in [0.15, 0.2) is 27.8 Å². The molecule has 0 radical (unpaired) electrons. The molecule has 2 atom stereocenters. The van der Waals surface area contributed by atoms with Crippen LogP contribution in [0.5, 0.6) is 0 Å². The Morgan fingerprint density at radius 2 is 1.93 bits per heavy atom. The fourth-order valence-electron chi connectivity index (χ4n) is 4.01. The number of aliphatic hydroxyl groups excluding tert-OH is 1. The van der Waals surface area contributed by atoms with Crippen molar-refractivity contribution in [2.45, 2.75) is 44.4 Å². The third kappa shape index (κ3) is 3.75. The Morgan fingerprint density at radius 3 is 2.63 bits per heavy atom. The molecular weight excluding hydrogens is 429 g/mol. The number of rotatable bonds is 4. The summed E-state index contributed by atoms with van der Waals surface area (Å²) in [5.74, 6) is 0.503. The zero-order chi connectivity index (χ0) is 21.6. The van der Waals surface area contributed by atoms with Gasteiger partial charge in [0.2, 0.25) is 5.95 Å². The Hall–Kier alpha value is -2.29. The van der Waals surface area contributed by atoms with E-state index in [2.05, 4.69) is 10.3 Å². The van der Waals surface area contributed by atoms with Crippen molar-refractivity contribution in [3.05, 3.63) is 54.6 Å². The lowest BCUT2D eigenvalue weighted by Gasteiger charge is -2.26. The molecule has 30 heavy (non-hydrogen) atoms. The first-order valence-electron chi connectivity index (χ1n) is 9.81. The first-order valence-corrected chi connectivity index (χ1v) is 10.6. The van der Waals surface area contributed by atoms with Crippen LogP contribution in [0.2, 0.25) is 10.0 Å². The normalized spacial score (nSPS) is 19.4. The Labute approximate surface area is 182 Å². The van der Waals surface area contributed by atoms with Crippen molar-refractivity contribution < 1.29 is 5.11 Å². The fourth-order valence-corrected chi connectivity index (χ4v) is 4.33. The summed E-state index contributed by atoms with van der Waals surface area (Å²) >= 11 is 12.0. The van der Waals surface area contributed by atoms with E-state index in [1.165, 1.54) is 4.57 Å². The van der Waals surface area contributed by atoms with Crippen molar-refractivity contribution in [2.75, 3.05) is 5.32 Å². The molecule has 0 unspecified atom stereocenters. The van der Waals surface area contributed by atoms with Gasteiger partial charge < -0.3 is 15.0 Å². The van der Waals surface area contributed by atoms with Crippen LogP contribution in [0, 0.1) is 0 Å². The number of halogens is 2. The summed E-state index contributed by atoms with van der Waals surface area (Å²) in [7, 11) is 3.34. The molecular formula is C20H23Cl2N5O3. The van der Waals surface area contributed by atoms with Crippen LogP contribution in [-0.4, -0.2) is 35.9 Å². The highest BCUT2D eigenvalue weighted by Gasteiger charge is 2.24. The van der Waals surface area contributed by atoms with Crippen molar-refractivity contribution >= 4 is 40.3 Å². The molecule has 4 rings (SSSR count). The van der Waals surface area contributed by atoms with Gasteiger partial charge in [-0.05, 0) is 43.4 Å². The van der Waals surface area contributed by atoms with E-state index in [0.717, 1.165) is 23.8 Å². The van der Waals surface area contributed by atoms with Gasteiger partial charge in [-0.2, -0.15) is 4.98 Å². The molecule has 2 N–H and O–H groups in total. The lowest BCUT2D eigenvalue weighted by Crippen LogP contribution is -2.39. The van der Waals surface area contributed by atoms with Gasteiger partial charge in [-0.3, -0.25) is 13.9 Å². The molecule has 2 aromatic heterocycles. The summed E-state index contributed by atoms with van der Waals surface area (Å²) < 4.78 is 4.20. The standard InChI is InChI=1S/C20H23Cl2N5O3/c1-25-16-17(24-19(25)23-12-4-3-5-13(28)9-12)26(2)20(30)27(18(16)29)10-11-6-7-14(21)15(22)8-11/h6-8,12-13,28H,3-5,9-10H2,1-2H3,(H,23,24)/t12-,13+/m0/s1. The zero-order valence-electron chi connectivity index (χ0n) is 16.7. The molecule has 0 aliphatic heterocycles. The number of aliphatic hydroxyl groups is 1. The van der Waals surface area contributed by atoms with E-state index in [1.807, 2.05) is 0 Å². The molecule has 8 nitrogen and oxygen atoms in total. The van der Waals surface area contributed by atoms with Gasteiger partial charge in [0.15, 0.2) is 11.2 Å². The van der Waals surface area contributed by atoms with E-state index >= 15 is 0 Å². The van der Waals surface area contributed by atoms with E-state index in [4.69, 9.17) is 23.2 Å². The molecule has 160 valence electrons. The van der Waals surface area contributed by atoms with Gasteiger partial charge in [-0.1, -0.05) is 29.3 Å². The minimum Gasteiger partial charge on any atom is -0.393 e. The largest absolute Gasteiger partial charge is 0.393 e. The van der Waals surface area contributed by atoms with Crippen LogP contribution in [-0.2, 0) is 20.6 Å². The minimum absolute atomic E-state index is 0.0692. The van der Waals surface area contributed by atoms with Gasteiger partial charge in [0.25, 0.3) is 5.56 Å². The van der Waals surface area contributed by atoms with E-state index in [1.54, 1.807) is 36.9 Å². The topological polar surface area (TPSA) is 94.1 Å². The molecule has 0 bridgehead atoms.